The summed E-state index contributed by atoms with van der Waals surface area (Å²) in [6.07, 6.45) is 0. The fourth-order valence-corrected chi connectivity index (χ4v) is 7.57. The molecule has 0 saturated heterocycles. The Kier molecular flexibility index (Phi) is 6.18. The van der Waals surface area contributed by atoms with Gasteiger partial charge >= 0.3 is 0 Å². The summed E-state index contributed by atoms with van der Waals surface area (Å²) in [5, 5.41) is 7.13. The van der Waals surface area contributed by atoms with Gasteiger partial charge in [-0.3, -0.25) is 0 Å². The molecule has 10 aromatic rings. The second kappa shape index (κ2) is 11.0. The average Bonchev–Trinajstić information content (AvgIpc) is 3.71. The molecule has 8 aromatic carbocycles. The number of fused-ring (bicyclic) bond motifs is 8. The van der Waals surface area contributed by atoms with Crippen molar-refractivity contribution in [3.8, 4) is 16.8 Å². The van der Waals surface area contributed by atoms with Crippen LogP contribution in [0.1, 0.15) is 0 Å². The lowest BCUT2D eigenvalue weighted by Gasteiger charge is -2.28. The van der Waals surface area contributed by atoms with Gasteiger partial charge in [0.1, 0.15) is 11.2 Å². The maximum absolute atomic E-state index is 6.27. The van der Waals surface area contributed by atoms with E-state index >= 15 is 0 Å². The lowest BCUT2D eigenvalue weighted by atomic mass is 10.00. The van der Waals surface area contributed by atoms with Crippen LogP contribution in [0.15, 0.2) is 186 Å². The van der Waals surface area contributed by atoms with Crippen LogP contribution in [0.4, 0.5) is 17.1 Å². The summed E-state index contributed by atoms with van der Waals surface area (Å²) in [4.78, 5) is 2.41. The van der Waals surface area contributed by atoms with Crippen molar-refractivity contribution in [1.29, 1.82) is 0 Å². The first kappa shape index (κ1) is 27.5. The Bertz CT molecular complexity index is 2810. The molecule has 3 nitrogen and oxygen atoms in total. The maximum Gasteiger partial charge on any atom is 0.135 e. The Morgan fingerprint density at radius 3 is 1.78 bits per heavy atom. The van der Waals surface area contributed by atoms with Crippen LogP contribution in [0.2, 0.25) is 0 Å². The molecular weight excluding hydrogens is 597 g/mol. The Hall–Kier alpha value is -6.58. The highest BCUT2D eigenvalue weighted by Gasteiger charge is 2.22. The van der Waals surface area contributed by atoms with E-state index in [0.717, 1.165) is 44.7 Å². The van der Waals surface area contributed by atoms with Crippen LogP contribution in [-0.4, -0.2) is 4.57 Å². The molecule has 0 bridgehead atoms. The first-order valence-corrected chi connectivity index (χ1v) is 16.7. The van der Waals surface area contributed by atoms with Gasteiger partial charge in [-0.05, 0) is 77.2 Å². The molecule has 10 rings (SSSR count). The van der Waals surface area contributed by atoms with Crippen LogP contribution in [-0.2, 0) is 0 Å². The molecule has 0 N–H and O–H groups in total. The molecule has 230 valence electrons. The van der Waals surface area contributed by atoms with E-state index in [0.29, 0.717) is 0 Å². The lowest BCUT2D eigenvalue weighted by molar-refractivity contribution is 0.669. The highest BCUT2D eigenvalue weighted by Crippen LogP contribution is 2.46. The van der Waals surface area contributed by atoms with Gasteiger partial charge in [0.15, 0.2) is 0 Å². The molecular formula is C46H30N2O. The van der Waals surface area contributed by atoms with Gasteiger partial charge in [-0.2, -0.15) is 0 Å². The third kappa shape index (κ3) is 4.37. The zero-order chi connectivity index (χ0) is 32.3. The van der Waals surface area contributed by atoms with Gasteiger partial charge in [-0.15, -0.1) is 0 Å². The molecule has 2 heterocycles. The van der Waals surface area contributed by atoms with Crippen molar-refractivity contribution in [2.24, 2.45) is 0 Å². The minimum atomic E-state index is 0.883. The molecule has 0 atom stereocenters. The van der Waals surface area contributed by atoms with Crippen LogP contribution in [0.5, 0.6) is 0 Å². The van der Waals surface area contributed by atoms with Gasteiger partial charge in [-0.1, -0.05) is 121 Å². The van der Waals surface area contributed by atoms with Gasteiger partial charge in [0, 0.05) is 44.0 Å². The fourth-order valence-electron chi connectivity index (χ4n) is 7.57. The number of aromatic nitrogens is 1. The Labute approximate surface area is 283 Å². The summed E-state index contributed by atoms with van der Waals surface area (Å²) in [6, 6.07) is 65.0. The quantitative estimate of drug-likeness (QED) is 0.190. The summed E-state index contributed by atoms with van der Waals surface area (Å²) in [6.45, 7) is 0. The molecule has 2 aromatic heterocycles. The molecule has 0 unspecified atom stereocenters. The van der Waals surface area contributed by atoms with E-state index in [4.69, 9.17) is 4.42 Å². The van der Waals surface area contributed by atoms with Crippen molar-refractivity contribution in [3.05, 3.63) is 182 Å². The number of furan rings is 1. The van der Waals surface area contributed by atoms with E-state index in [2.05, 4.69) is 179 Å². The van der Waals surface area contributed by atoms with E-state index in [9.17, 15) is 0 Å². The zero-order valence-corrected chi connectivity index (χ0v) is 26.6. The monoisotopic (exact) mass is 626 g/mol. The van der Waals surface area contributed by atoms with Gasteiger partial charge in [-0.25, -0.2) is 0 Å². The number of hydrogen-bond donors (Lipinski definition) is 0. The fraction of sp³-hybridized carbons (Fsp3) is 0. The van der Waals surface area contributed by atoms with Gasteiger partial charge < -0.3 is 13.9 Å². The number of rotatable bonds is 5. The van der Waals surface area contributed by atoms with E-state index in [1.54, 1.807) is 0 Å². The molecule has 0 aliphatic rings. The van der Waals surface area contributed by atoms with Crippen molar-refractivity contribution < 1.29 is 4.42 Å². The smallest absolute Gasteiger partial charge is 0.135 e. The number of hydrogen-bond acceptors (Lipinski definition) is 2. The number of anilines is 3. The molecule has 0 radical (unpaired) electrons. The van der Waals surface area contributed by atoms with Crippen LogP contribution in [0.25, 0.3) is 71.3 Å². The normalized spacial score (nSPS) is 11.7. The molecule has 0 aliphatic carbocycles. The van der Waals surface area contributed by atoms with Crippen molar-refractivity contribution in [3.63, 3.8) is 0 Å². The van der Waals surface area contributed by atoms with Crippen LogP contribution >= 0.6 is 0 Å². The van der Waals surface area contributed by atoms with Crippen LogP contribution < -0.4 is 4.90 Å². The SMILES string of the molecule is c1ccc(-c2ccc(N(c3ccc4oc5ccccc5c4c3)c3cc4c(c5ccccc35)c3ccccc3n4-c3ccccc3)cc2)cc1. The average molecular weight is 627 g/mol. The summed E-state index contributed by atoms with van der Waals surface area (Å²) in [7, 11) is 0. The van der Waals surface area contributed by atoms with Crippen molar-refractivity contribution in [2.75, 3.05) is 4.90 Å². The Morgan fingerprint density at radius 1 is 0.388 bits per heavy atom. The largest absolute Gasteiger partial charge is 0.456 e. The third-order valence-corrected chi connectivity index (χ3v) is 9.76. The second-order valence-corrected chi connectivity index (χ2v) is 12.6. The number of benzene rings is 8. The third-order valence-electron chi connectivity index (χ3n) is 9.76. The van der Waals surface area contributed by atoms with E-state index in [1.165, 1.54) is 43.7 Å². The van der Waals surface area contributed by atoms with Crippen LogP contribution in [0, 0.1) is 0 Å². The first-order valence-electron chi connectivity index (χ1n) is 16.7. The topological polar surface area (TPSA) is 21.3 Å². The predicted octanol–water partition coefficient (Wildman–Crippen LogP) is 13.0. The molecule has 3 heteroatoms. The second-order valence-electron chi connectivity index (χ2n) is 12.6. The zero-order valence-electron chi connectivity index (χ0n) is 26.6. The van der Waals surface area contributed by atoms with Crippen molar-refractivity contribution in [1.82, 2.24) is 4.57 Å². The Balaban J connectivity index is 1.29. The molecule has 0 amide bonds. The standard InChI is InChI=1S/C46H30N2O/c1-3-13-31(14-4-1)32-23-25-34(26-24-32)47(35-27-28-45-40(29-35)37-18-10-12-22-44(37)49-45)42-30-43-46(38-19-8-7-17-36(38)42)39-20-9-11-21-41(39)48(43)33-15-5-2-6-16-33/h1-30H. The van der Waals surface area contributed by atoms with Gasteiger partial charge in [0.2, 0.25) is 0 Å². The predicted molar refractivity (Wildman–Crippen MR) is 206 cm³/mol. The highest BCUT2D eigenvalue weighted by atomic mass is 16.3. The van der Waals surface area contributed by atoms with Crippen molar-refractivity contribution >= 4 is 71.6 Å². The van der Waals surface area contributed by atoms with Crippen molar-refractivity contribution in [2.45, 2.75) is 0 Å². The highest BCUT2D eigenvalue weighted by molar-refractivity contribution is 6.24. The minimum absolute atomic E-state index is 0.883. The number of para-hydroxylation sites is 3. The summed E-state index contributed by atoms with van der Waals surface area (Å²) < 4.78 is 8.67. The lowest BCUT2D eigenvalue weighted by Crippen LogP contribution is -2.11. The van der Waals surface area contributed by atoms with Crippen LogP contribution in [0.3, 0.4) is 0 Å². The molecule has 0 fully saturated rings. The molecule has 0 aliphatic heterocycles. The van der Waals surface area contributed by atoms with Gasteiger partial charge in [0.25, 0.3) is 0 Å². The molecule has 49 heavy (non-hydrogen) atoms. The summed E-state index contributed by atoms with van der Waals surface area (Å²) in [5.74, 6) is 0. The molecule has 0 saturated carbocycles. The minimum Gasteiger partial charge on any atom is -0.456 e. The van der Waals surface area contributed by atoms with E-state index in [1.807, 2.05) is 12.1 Å². The molecule has 0 spiro atoms. The summed E-state index contributed by atoms with van der Waals surface area (Å²) in [5.41, 5.74) is 10.9. The summed E-state index contributed by atoms with van der Waals surface area (Å²) >= 11 is 0. The first-order chi connectivity index (χ1) is 24.3. The maximum atomic E-state index is 6.27. The van der Waals surface area contributed by atoms with Gasteiger partial charge in [0.05, 0.1) is 16.7 Å². The Morgan fingerprint density at radius 2 is 0.980 bits per heavy atom. The van der Waals surface area contributed by atoms with E-state index < -0.39 is 0 Å². The number of nitrogens with zero attached hydrogens (tertiary/aromatic N) is 2. The van der Waals surface area contributed by atoms with E-state index in [-0.39, 0.29) is 0 Å².